The SMILES string of the molecule is Cc1ccsc1C=NN=C1c2ccccc2-c2ccccc21. The Morgan fingerprint density at radius 2 is 1.41 bits per heavy atom. The van der Waals surface area contributed by atoms with Gasteiger partial charge in [0, 0.05) is 11.1 Å². The molecule has 0 amide bonds. The predicted molar refractivity (Wildman–Crippen MR) is 94.2 cm³/mol. The van der Waals surface area contributed by atoms with Crippen LogP contribution in [-0.2, 0) is 0 Å². The van der Waals surface area contributed by atoms with E-state index in [-0.39, 0.29) is 0 Å². The van der Waals surface area contributed by atoms with Crippen LogP contribution >= 0.6 is 11.3 Å². The maximum Gasteiger partial charge on any atom is 0.101 e. The number of thiophene rings is 1. The van der Waals surface area contributed by atoms with E-state index >= 15 is 0 Å². The lowest BCUT2D eigenvalue weighted by Gasteiger charge is -1.98. The fourth-order valence-corrected chi connectivity index (χ4v) is 3.54. The van der Waals surface area contributed by atoms with Crippen LogP contribution in [-0.4, -0.2) is 11.9 Å². The monoisotopic (exact) mass is 302 g/mol. The molecule has 0 atom stereocenters. The molecule has 0 spiro atoms. The summed E-state index contributed by atoms with van der Waals surface area (Å²) in [6, 6.07) is 18.8. The van der Waals surface area contributed by atoms with Gasteiger partial charge in [-0.05, 0) is 35.1 Å². The Labute approximate surface area is 133 Å². The van der Waals surface area contributed by atoms with Crippen LogP contribution < -0.4 is 0 Å². The molecule has 0 bridgehead atoms. The molecule has 2 nitrogen and oxygen atoms in total. The molecule has 1 aromatic heterocycles. The van der Waals surface area contributed by atoms with Crippen LogP contribution in [0, 0.1) is 6.92 Å². The van der Waals surface area contributed by atoms with Gasteiger partial charge in [-0.15, -0.1) is 16.4 Å². The molecule has 0 N–H and O–H groups in total. The van der Waals surface area contributed by atoms with Crippen molar-refractivity contribution in [3.8, 4) is 11.1 Å². The summed E-state index contributed by atoms with van der Waals surface area (Å²) in [4.78, 5) is 1.16. The smallest absolute Gasteiger partial charge is 0.101 e. The van der Waals surface area contributed by atoms with Crippen LogP contribution in [0.15, 0.2) is 70.2 Å². The third-order valence-electron chi connectivity index (χ3n) is 3.89. The topological polar surface area (TPSA) is 24.7 Å². The number of hydrogen-bond donors (Lipinski definition) is 0. The number of benzene rings is 2. The van der Waals surface area contributed by atoms with E-state index in [1.165, 1.54) is 16.7 Å². The lowest BCUT2D eigenvalue weighted by molar-refractivity contribution is 1.25. The van der Waals surface area contributed by atoms with Gasteiger partial charge in [-0.3, -0.25) is 0 Å². The van der Waals surface area contributed by atoms with E-state index in [1.807, 2.05) is 18.3 Å². The lowest BCUT2D eigenvalue weighted by atomic mass is 10.1. The molecule has 0 fully saturated rings. The van der Waals surface area contributed by atoms with E-state index in [0.717, 1.165) is 21.7 Å². The summed E-state index contributed by atoms with van der Waals surface area (Å²) in [5, 5.41) is 10.9. The van der Waals surface area contributed by atoms with Crippen molar-refractivity contribution in [1.82, 2.24) is 0 Å². The van der Waals surface area contributed by atoms with E-state index in [9.17, 15) is 0 Å². The molecule has 1 aliphatic carbocycles. The Hall–Kier alpha value is -2.52. The Morgan fingerprint density at radius 1 is 0.818 bits per heavy atom. The summed E-state index contributed by atoms with van der Waals surface area (Å²) in [6.07, 6.45) is 1.84. The molecule has 1 heterocycles. The van der Waals surface area contributed by atoms with Gasteiger partial charge in [0.2, 0.25) is 0 Å². The third kappa shape index (κ3) is 2.11. The Morgan fingerprint density at radius 3 is 1.95 bits per heavy atom. The second kappa shape index (κ2) is 5.35. The van der Waals surface area contributed by atoms with Gasteiger partial charge in [-0.25, -0.2) is 0 Å². The normalized spacial score (nSPS) is 12.5. The Kier molecular flexibility index (Phi) is 3.20. The molecule has 0 saturated heterocycles. The van der Waals surface area contributed by atoms with E-state index in [2.05, 4.69) is 65.0 Å². The van der Waals surface area contributed by atoms with Crippen molar-refractivity contribution in [2.45, 2.75) is 6.92 Å². The molecule has 0 radical (unpaired) electrons. The van der Waals surface area contributed by atoms with Crippen LogP contribution in [0.1, 0.15) is 21.6 Å². The van der Waals surface area contributed by atoms with Crippen LogP contribution in [0.3, 0.4) is 0 Å². The summed E-state index contributed by atoms with van der Waals surface area (Å²) >= 11 is 1.68. The number of fused-ring (bicyclic) bond motifs is 3. The predicted octanol–water partition coefficient (Wildman–Crippen LogP) is 4.91. The largest absolute Gasteiger partial charge is 0.157 e. The van der Waals surface area contributed by atoms with E-state index < -0.39 is 0 Å². The molecule has 1 aliphatic rings. The van der Waals surface area contributed by atoms with Crippen molar-refractivity contribution < 1.29 is 0 Å². The second-order valence-corrected chi connectivity index (χ2v) is 6.20. The molecular formula is C19H14N2S. The molecule has 22 heavy (non-hydrogen) atoms. The molecule has 0 aliphatic heterocycles. The average molecular weight is 302 g/mol. The summed E-state index contributed by atoms with van der Waals surface area (Å²) < 4.78 is 0. The van der Waals surface area contributed by atoms with Gasteiger partial charge in [0.05, 0.1) is 11.1 Å². The molecule has 3 aromatic rings. The number of rotatable bonds is 2. The quantitative estimate of drug-likeness (QED) is 0.371. The summed E-state index contributed by atoms with van der Waals surface area (Å²) in [5.41, 5.74) is 6.98. The average Bonchev–Trinajstić information content (AvgIpc) is 3.10. The van der Waals surface area contributed by atoms with Gasteiger partial charge in [-0.2, -0.15) is 5.10 Å². The molecule has 0 unspecified atom stereocenters. The van der Waals surface area contributed by atoms with Crippen LogP contribution in [0.4, 0.5) is 0 Å². The number of nitrogens with zero attached hydrogens (tertiary/aromatic N) is 2. The zero-order valence-corrected chi connectivity index (χ0v) is 13.0. The first-order chi connectivity index (χ1) is 10.8. The van der Waals surface area contributed by atoms with Crippen molar-refractivity contribution in [1.29, 1.82) is 0 Å². The highest BCUT2D eigenvalue weighted by Gasteiger charge is 2.23. The maximum atomic E-state index is 4.51. The molecule has 0 saturated carbocycles. The van der Waals surface area contributed by atoms with Gasteiger partial charge in [0.15, 0.2) is 0 Å². The maximum absolute atomic E-state index is 4.51. The molecule has 106 valence electrons. The zero-order valence-electron chi connectivity index (χ0n) is 12.2. The highest BCUT2D eigenvalue weighted by atomic mass is 32.1. The summed E-state index contributed by atoms with van der Waals surface area (Å²) in [7, 11) is 0. The third-order valence-corrected chi connectivity index (χ3v) is 4.84. The molecule has 4 rings (SSSR count). The van der Waals surface area contributed by atoms with Crippen molar-refractivity contribution in [3.63, 3.8) is 0 Å². The fourth-order valence-electron chi connectivity index (χ4n) is 2.76. The number of aryl methyl sites for hydroxylation is 1. The Bertz CT molecular complexity index is 856. The van der Waals surface area contributed by atoms with Gasteiger partial charge in [0.25, 0.3) is 0 Å². The second-order valence-electron chi connectivity index (χ2n) is 5.25. The zero-order chi connectivity index (χ0) is 14.9. The van der Waals surface area contributed by atoms with Crippen molar-refractivity contribution in [3.05, 3.63) is 81.5 Å². The minimum Gasteiger partial charge on any atom is -0.157 e. The van der Waals surface area contributed by atoms with Crippen molar-refractivity contribution >= 4 is 23.3 Å². The van der Waals surface area contributed by atoms with E-state index in [1.54, 1.807) is 11.3 Å². The van der Waals surface area contributed by atoms with E-state index in [0.29, 0.717) is 0 Å². The fraction of sp³-hybridized carbons (Fsp3) is 0.0526. The molecule has 2 aromatic carbocycles. The van der Waals surface area contributed by atoms with Crippen LogP contribution in [0.25, 0.3) is 11.1 Å². The first kappa shape index (κ1) is 13.2. The minimum atomic E-state index is 0.955. The minimum absolute atomic E-state index is 0.955. The van der Waals surface area contributed by atoms with E-state index in [4.69, 9.17) is 0 Å². The van der Waals surface area contributed by atoms with Crippen molar-refractivity contribution in [2.75, 3.05) is 0 Å². The summed E-state index contributed by atoms with van der Waals surface area (Å²) in [5.74, 6) is 0. The van der Waals surface area contributed by atoms with Gasteiger partial charge >= 0.3 is 0 Å². The number of hydrogen-bond acceptors (Lipinski definition) is 3. The van der Waals surface area contributed by atoms with Crippen LogP contribution in [0.5, 0.6) is 0 Å². The Balaban J connectivity index is 1.80. The highest BCUT2D eigenvalue weighted by molar-refractivity contribution is 7.11. The highest BCUT2D eigenvalue weighted by Crippen LogP contribution is 2.36. The summed E-state index contributed by atoms with van der Waals surface area (Å²) in [6.45, 7) is 2.09. The first-order valence-corrected chi connectivity index (χ1v) is 8.07. The lowest BCUT2D eigenvalue weighted by Crippen LogP contribution is -1.97. The van der Waals surface area contributed by atoms with Crippen LogP contribution in [0.2, 0.25) is 0 Å². The van der Waals surface area contributed by atoms with Gasteiger partial charge in [-0.1, -0.05) is 48.5 Å². The molecular weight excluding hydrogens is 288 g/mol. The van der Waals surface area contributed by atoms with Gasteiger partial charge in [0.1, 0.15) is 5.71 Å². The van der Waals surface area contributed by atoms with Crippen molar-refractivity contribution in [2.24, 2.45) is 10.2 Å². The molecule has 3 heteroatoms. The first-order valence-electron chi connectivity index (χ1n) is 7.19. The standard InChI is InChI=1S/C19H14N2S/c1-13-10-11-22-18(13)12-20-21-19-16-8-4-2-6-14(16)15-7-3-5-9-17(15)19/h2-12H,1H3. The van der Waals surface area contributed by atoms with Gasteiger partial charge < -0.3 is 0 Å².